The first-order valence-electron chi connectivity index (χ1n) is 6.01. The number of halogens is 2. The van der Waals surface area contributed by atoms with Gasteiger partial charge in [-0.25, -0.2) is 0 Å². The van der Waals surface area contributed by atoms with E-state index in [1.54, 1.807) is 24.3 Å². The van der Waals surface area contributed by atoms with Crippen LogP contribution < -0.4 is 10.1 Å². The Morgan fingerprint density at radius 3 is 2.63 bits per heavy atom. The van der Waals surface area contributed by atoms with E-state index < -0.39 is 0 Å². The average Bonchev–Trinajstić information content (AvgIpc) is 2.42. The van der Waals surface area contributed by atoms with Crippen molar-refractivity contribution in [1.82, 2.24) is 5.32 Å². The summed E-state index contributed by atoms with van der Waals surface area (Å²) >= 11 is 11.2. The summed E-state index contributed by atoms with van der Waals surface area (Å²) in [5.41, 5.74) is 0. The van der Waals surface area contributed by atoms with E-state index in [2.05, 4.69) is 5.32 Å². The minimum absolute atomic E-state index is 0.00975. The van der Waals surface area contributed by atoms with Crippen molar-refractivity contribution in [3.05, 3.63) is 29.3 Å². The number of rotatable bonds is 9. The lowest BCUT2D eigenvalue weighted by Crippen LogP contribution is -2.30. The smallest absolute Gasteiger partial charge is 0.257 e. The molecule has 0 aliphatic rings. The third-order valence-electron chi connectivity index (χ3n) is 2.19. The van der Waals surface area contributed by atoms with Gasteiger partial charge in [0.15, 0.2) is 6.61 Å². The molecule has 1 aromatic carbocycles. The van der Waals surface area contributed by atoms with Crippen LogP contribution in [0.1, 0.15) is 6.42 Å². The van der Waals surface area contributed by atoms with Gasteiger partial charge in [0.2, 0.25) is 0 Å². The van der Waals surface area contributed by atoms with Crippen LogP contribution in [0.5, 0.6) is 5.75 Å². The molecule has 1 aromatic rings. The lowest BCUT2D eigenvalue weighted by Gasteiger charge is -2.07. The van der Waals surface area contributed by atoms with Gasteiger partial charge in [0.25, 0.3) is 5.91 Å². The van der Waals surface area contributed by atoms with Crippen LogP contribution in [0.15, 0.2) is 24.3 Å². The fourth-order valence-electron chi connectivity index (χ4n) is 1.29. The molecule has 0 unspecified atom stereocenters. The van der Waals surface area contributed by atoms with E-state index >= 15 is 0 Å². The molecule has 0 radical (unpaired) electrons. The quantitative estimate of drug-likeness (QED) is 0.563. The second-order valence-electron chi connectivity index (χ2n) is 3.75. The highest BCUT2D eigenvalue weighted by molar-refractivity contribution is 6.30. The number of hydrogen-bond donors (Lipinski definition) is 1. The zero-order valence-electron chi connectivity index (χ0n) is 10.5. The Kier molecular flexibility index (Phi) is 8.38. The Morgan fingerprint density at radius 2 is 1.95 bits per heavy atom. The van der Waals surface area contributed by atoms with Gasteiger partial charge in [-0.15, -0.1) is 11.6 Å². The van der Waals surface area contributed by atoms with Crippen LogP contribution >= 0.6 is 23.2 Å². The molecule has 1 rings (SSSR count). The third kappa shape index (κ3) is 7.93. The number of carbonyl (C=O) groups is 1. The van der Waals surface area contributed by atoms with Gasteiger partial charge in [-0.3, -0.25) is 4.79 Å². The molecule has 0 aliphatic carbocycles. The molecule has 0 saturated heterocycles. The van der Waals surface area contributed by atoms with Crippen molar-refractivity contribution in [3.63, 3.8) is 0 Å². The molecule has 4 nitrogen and oxygen atoms in total. The highest BCUT2D eigenvalue weighted by Crippen LogP contribution is 2.15. The van der Waals surface area contributed by atoms with Gasteiger partial charge in [-0.2, -0.15) is 0 Å². The molecule has 1 N–H and O–H groups in total. The molecule has 0 aliphatic heterocycles. The number of alkyl halides is 1. The van der Waals surface area contributed by atoms with Crippen molar-refractivity contribution >= 4 is 29.1 Å². The zero-order valence-corrected chi connectivity index (χ0v) is 12.0. The van der Waals surface area contributed by atoms with Crippen molar-refractivity contribution in [2.75, 3.05) is 32.2 Å². The van der Waals surface area contributed by atoms with E-state index in [0.29, 0.717) is 36.4 Å². The average molecular weight is 306 g/mol. The summed E-state index contributed by atoms with van der Waals surface area (Å²) in [4.78, 5) is 11.4. The Balaban J connectivity index is 2.06. The topological polar surface area (TPSA) is 47.6 Å². The fourth-order valence-corrected chi connectivity index (χ4v) is 1.52. The van der Waals surface area contributed by atoms with Crippen LogP contribution in [0.4, 0.5) is 0 Å². The SMILES string of the molecule is O=C(COc1ccc(Cl)cc1)NCCCOCCCl. The van der Waals surface area contributed by atoms with Crippen molar-refractivity contribution in [1.29, 1.82) is 0 Å². The molecule has 0 aromatic heterocycles. The van der Waals surface area contributed by atoms with Crippen LogP contribution in [0, 0.1) is 0 Å². The summed E-state index contributed by atoms with van der Waals surface area (Å²) < 4.78 is 10.5. The van der Waals surface area contributed by atoms with E-state index in [0.717, 1.165) is 6.42 Å². The maximum atomic E-state index is 11.4. The monoisotopic (exact) mass is 305 g/mol. The molecule has 0 spiro atoms. The van der Waals surface area contributed by atoms with Gasteiger partial charge in [-0.1, -0.05) is 11.6 Å². The minimum atomic E-state index is -0.160. The lowest BCUT2D eigenvalue weighted by molar-refractivity contribution is -0.123. The number of carbonyl (C=O) groups excluding carboxylic acids is 1. The molecule has 1 amide bonds. The van der Waals surface area contributed by atoms with Crippen LogP contribution in [0.2, 0.25) is 5.02 Å². The number of ether oxygens (including phenoxy) is 2. The van der Waals surface area contributed by atoms with Gasteiger partial charge in [0.1, 0.15) is 5.75 Å². The Bertz CT molecular complexity index is 371. The predicted octanol–water partition coefficient (Wildman–Crippen LogP) is 2.48. The van der Waals surface area contributed by atoms with E-state index in [1.807, 2.05) is 0 Å². The Morgan fingerprint density at radius 1 is 1.21 bits per heavy atom. The van der Waals surface area contributed by atoms with E-state index in [1.165, 1.54) is 0 Å². The summed E-state index contributed by atoms with van der Waals surface area (Å²) in [6.45, 7) is 1.68. The van der Waals surface area contributed by atoms with Crippen molar-refractivity contribution < 1.29 is 14.3 Å². The first-order chi connectivity index (χ1) is 9.22. The van der Waals surface area contributed by atoms with Gasteiger partial charge in [-0.05, 0) is 30.7 Å². The van der Waals surface area contributed by atoms with Crippen molar-refractivity contribution in [2.45, 2.75) is 6.42 Å². The van der Waals surface area contributed by atoms with E-state index in [4.69, 9.17) is 32.7 Å². The molecule has 6 heteroatoms. The summed E-state index contributed by atoms with van der Waals surface area (Å²) in [5.74, 6) is 0.943. The number of hydrogen-bond acceptors (Lipinski definition) is 3. The van der Waals surface area contributed by atoms with Crippen LogP contribution in [-0.2, 0) is 9.53 Å². The zero-order chi connectivity index (χ0) is 13.9. The Labute approximate surface area is 123 Å². The second-order valence-corrected chi connectivity index (χ2v) is 4.56. The van der Waals surface area contributed by atoms with Gasteiger partial charge >= 0.3 is 0 Å². The molecule has 19 heavy (non-hydrogen) atoms. The highest BCUT2D eigenvalue weighted by atomic mass is 35.5. The summed E-state index contributed by atoms with van der Waals surface area (Å²) in [7, 11) is 0. The maximum absolute atomic E-state index is 11.4. The molecular weight excluding hydrogens is 289 g/mol. The Hall–Kier alpha value is -0.970. The normalized spacial score (nSPS) is 10.2. The molecule has 0 saturated carbocycles. The molecule has 0 heterocycles. The second kappa shape index (κ2) is 9.89. The number of nitrogens with one attached hydrogen (secondary N) is 1. The minimum Gasteiger partial charge on any atom is -0.484 e. The van der Waals surface area contributed by atoms with Crippen molar-refractivity contribution in [2.24, 2.45) is 0 Å². The molecule has 0 bridgehead atoms. The lowest BCUT2D eigenvalue weighted by atomic mass is 10.3. The number of benzene rings is 1. The molecule has 0 atom stereocenters. The van der Waals surface area contributed by atoms with Gasteiger partial charge in [0.05, 0.1) is 6.61 Å². The summed E-state index contributed by atoms with van der Waals surface area (Å²) in [6.07, 6.45) is 0.754. The largest absolute Gasteiger partial charge is 0.484 e. The third-order valence-corrected chi connectivity index (χ3v) is 2.60. The molecule has 106 valence electrons. The highest BCUT2D eigenvalue weighted by Gasteiger charge is 2.02. The van der Waals surface area contributed by atoms with Gasteiger partial charge in [0, 0.05) is 24.1 Å². The number of amides is 1. The standard InChI is InChI=1S/C13H17Cl2NO3/c14-6-9-18-8-1-7-16-13(17)10-19-12-4-2-11(15)3-5-12/h2-5H,1,6-10H2,(H,16,17). The predicted molar refractivity (Wildman–Crippen MR) is 76.1 cm³/mol. The van der Waals surface area contributed by atoms with Crippen LogP contribution in [0.3, 0.4) is 0 Å². The van der Waals surface area contributed by atoms with E-state index in [-0.39, 0.29) is 12.5 Å². The summed E-state index contributed by atoms with van der Waals surface area (Å²) in [5, 5.41) is 3.37. The first-order valence-corrected chi connectivity index (χ1v) is 6.92. The fraction of sp³-hybridized carbons (Fsp3) is 0.462. The van der Waals surface area contributed by atoms with Crippen molar-refractivity contribution in [3.8, 4) is 5.75 Å². The van der Waals surface area contributed by atoms with Crippen LogP contribution in [0.25, 0.3) is 0 Å². The maximum Gasteiger partial charge on any atom is 0.257 e. The molecular formula is C13H17Cl2NO3. The van der Waals surface area contributed by atoms with Gasteiger partial charge < -0.3 is 14.8 Å². The molecule has 0 fully saturated rings. The first kappa shape index (κ1) is 16.1. The van der Waals surface area contributed by atoms with Crippen LogP contribution in [-0.4, -0.2) is 38.2 Å². The summed E-state index contributed by atoms with van der Waals surface area (Å²) in [6, 6.07) is 6.86. The van der Waals surface area contributed by atoms with E-state index in [9.17, 15) is 4.79 Å².